The maximum Gasteiger partial charge on any atom is 0.0559 e. The fourth-order valence-corrected chi connectivity index (χ4v) is 6.70. The molecule has 7 aromatic rings. The molecule has 0 spiro atoms. The van der Waals surface area contributed by atoms with Gasteiger partial charge < -0.3 is 15.6 Å². The third-order valence-electron chi connectivity index (χ3n) is 9.19. The normalized spacial score (nSPS) is 13.0. The van der Waals surface area contributed by atoms with Gasteiger partial charge in [0.15, 0.2) is 0 Å². The van der Waals surface area contributed by atoms with Crippen molar-refractivity contribution in [1.82, 2.24) is 5.32 Å². The number of rotatable bonds is 8. The fraction of sp³-hybridized carbons (Fsp3) is 0. The summed E-state index contributed by atoms with van der Waals surface area (Å²) < 4.78 is 0. The number of nitrogens with one attached hydrogen (secondary N) is 2. The van der Waals surface area contributed by atoms with Crippen LogP contribution >= 0.6 is 0 Å². The minimum Gasteiger partial charge on any atom is -0.354 e. The summed E-state index contributed by atoms with van der Waals surface area (Å²) in [4.78, 5) is 2.34. The van der Waals surface area contributed by atoms with Crippen LogP contribution in [0.4, 0.5) is 17.1 Å². The quantitative estimate of drug-likeness (QED) is 0.162. The summed E-state index contributed by atoms with van der Waals surface area (Å²) in [5.74, 6) is 0. The van der Waals surface area contributed by atoms with Crippen LogP contribution in [0, 0.1) is 5.41 Å². The number of hydrogen-bond acceptors (Lipinski definition) is 3. The van der Waals surface area contributed by atoms with E-state index >= 15 is 0 Å². The lowest BCUT2D eigenvalue weighted by Crippen LogP contribution is -2.20. The molecule has 0 saturated heterocycles. The van der Waals surface area contributed by atoms with Crippen LogP contribution in [0.15, 0.2) is 188 Å². The van der Waals surface area contributed by atoms with Crippen molar-refractivity contribution in [2.75, 3.05) is 4.90 Å². The Morgan fingerprint density at radius 2 is 0.920 bits per heavy atom. The first kappa shape index (κ1) is 30.6. The van der Waals surface area contributed by atoms with E-state index in [9.17, 15) is 0 Å². The summed E-state index contributed by atoms with van der Waals surface area (Å²) in [6, 6.07) is 65.7. The van der Waals surface area contributed by atoms with Gasteiger partial charge in [0.25, 0.3) is 0 Å². The molecule has 1 aliphatic heterocycles. The van der Waals surface area contributed by atoms with Crippen molar-refractivity contribution in [3.05, 3.63) is 210 Å². The molecular formula is C47H35N3. The first-order chi connectivity index (χ1) is 24.8. The zero-order valence-corrected chi connectivity index (χ0v) is 27.5. The molecule has 0 fully saturated rings. The van der Waals surface area contributed by atoms with E-state index < -0.39 is 0 Å². The molecule has 1 heterocycles. The lowest BCUT2D eigenvalue weighted by molar-refractivity contribution is 1.20. The number of fused-ring (bicyclic) bond motifs is 1. The fourth-order valence-electron chi connectivity index (χ4n) is 6.70. The summed E-state index contributed by atoms with van der Waals surface area (Å²) in [5, 5.41) is 12.3. The largest absolute Gasteiger partial charge is 0.354 e. The summed E-state index contributed by atoms with van der Waals surface area (Å²) in [6.07, 6.45) is 3.71. The van der Waals surface area contributed by atoms with Gasteiger partial charge in [-0.1, -0.05) is 158 Å². The highest BCUT2D eigenvalue weighted by atomic mass is 15.1. The third kappa shape index (κ3) is 6.05. The predicted octanol–water partition coefficient (Wildman–Crippen LogP) is 12.1. The van der Waals surface area contributed by atoms with E-state index in [0.717, 1.165) is 56.3 Å². The SMILES string of the molecule is N=C/C(=C1\NC(c2ccccc2)=Cc2c1cccc2N(c1ccc(-c2ccccc2)cc1)c1ccc(-c2ccccc2)cc1)c1ccccc1. The summed E-state index contributed by atoms with van der Waals surface area (Å²) in [7, 11) is 0. The van der Waals surface area contributed by atoms with E-state index in [1.807, 2.05) is 36.4 Å². The molecule has 3 nitrogen and oxygen atoms in total. The lowest BCUT2D eigenvalue weighted by atomic mass is 9.90. The average Bonchev–Trinajstić information content (AvgIpc) is 3.20. The van der Waals surface area contributed by atoms with E-state index in [-0.39, 0.29) is 0 Å². The van der Waals surface area contributed by atoms with Crippen molar-refractivity contribution in [2.45, 2.75) is 0 Å². The maximum absolute atomic E-state index is 8.58. The van der Waals surface area contributed by atoms with E-state index in [2.05, 4.69) is 168 Å². The van der Waals surface area contributed by atoms with E-state index in [0.29, 0.717) is 0 Å². The average molecular weight is 642 g/mol. The van der Waals surface area contributed by atoms with E-state index in [1.165, 1.54) is 28.5 Å². The van der Waals surface area contributed by atoms with Crippen molar-refractivity contribution in [1.29, 1.82) is 5.41 Å². The van der Waals surface area contributed by atoms with Crippen molar-refractivity contribution in [3.63, 3.8) is 0 Å². The van der Waals surface area contributed by atoms with Crippen molar-refractivity contribution in [3.8, 4) is 22.3 Å². The van der Waals surface area contributed by atoms with Gasteiger partial charge in [0.2, 0.25) is 0 Å². The van der Waals surface area contributed by atoms with Crippen LogP contribution in [-0.2, 0) is 0 Å². The summed E-state index contributed by atoms with van der Waals surface area (Å²) in [6.45, 7) is 0. The molecule has 0 bridgehead atoms. The number of allylic oxidation sites excluding steroid dienone is 1. The van der Waals surface area contributed by atoms with Crippen LogP contribution in [0.3, 0.4) is 0 Å². The molecule has 0 saturated carbocycles. The number of benzene rings is 7. The summed E-state index contributed by atoms with van der Waals surface area (Å²) >= 11 is 0. The Bertz CT molecular complexity index is 2220. The second-order valence-electron chi connectivity index (χ2n) is 12.2. The topological polar surface area (TPSA) is 39.1 Å². The lowest BCUT2D eigenvalue weighted by Gasteiger charge is -2.32. The van der Waals surface area contributed by atoms with Gasteiger partial charge in [-0.25, -0.2) is 0 Å². The number of hydrogen-bond donors (Lipinski definition) is 2. The molecule has 0 amide bonds. The molecular weight excluding hydrogens is 607 g/mol. The van der Waals surface area contributed by atoms with Gasteiger partial charge in [-0.05, 0) is 69.8 Å². The Morgan fingerprint density at radius 3 is 1.42 bits per heavy atom. The van der Waals surface area contributed by atoms with Crippen LogP contribution in [0.2, 0.25) is 0 Å². The Hall–Kier alpha value is -6.71. The molecule has 0 radical (unpaired) electrons. The molecule has 8 rings (SSSR count). The molecule has 238 valence electrons. The Labute approximate surface area is 293 Å². The number of anilines is 3. The zero-order valence-electron chi connectivity index (χ0n) is 27.5. The van der Waals surface area contributed by atoms with Crippen LogP contribution in [0.5, 0.6) is 0 Å². The Kier molecular flexibility index (Phi) is 8.45. The minimum absolute atomic E-state index is 0.830. The van der Waals surface area contributed by atoms with Crippen LogP contribution in [-0.4, -0.2) is 6.21 Å². The molecule has 3 heteroatoms. The molecule has 1 aliphatic rings. The monoisotopic (exact) mass is 641 g/mol. The first-order valence-corrected chi connectivity index (χ1v) is 16.9. The standard InChI is InChI=1S/C47H35N3/c48-33-44(38-18-9-3-10-19-38)47-42-22-13-23-46(43(42)32-45(49-47)39-20-11-4-12-21-39)50(40-28-24-36(25-29-40)34-14-5-1-6-15-34)41-30-26-37(27-31-41)35-16-7-2-8-17-35/h1-33,48-49H/b47-44+,48-33?. The maximum atomic E-state index is 8.58. The molecule has 0 aromatic heterocycles. The molecule has 7 aromatic carbocycles. The van der Waals surface area contributed by atoms with Crippen molar-refractivity contribution >= 4 is 46.3 Å². The van der Waals surface area contributed by atoms with E-state index in [4.69, 9.17) is 5.41 Å². The van der Waals surface area contributed by atoms with Gasteiger partial charge in [-0.2, -0.15) is 0 Å². The highest BCUT2D eigenvalue weighted by Crippen LogP contribution is 2.44. The van der Waals surface area contributed by atoms with Gasteiger partial charge in [-0.3, -0.25) is 0 Å². The summed E-state index contributed by atoms with van der Waals surface area (Å²) in [5.41, 5.74) is 14.8. The molecule has 50 heavy (non-hydrogen) atoms. The van der Waals surface area contributed by atoms with Gasteiger partial charge in [-0.15, -0.1) is 0 Å². The smallest absolute Gasteiger partial charge is 0.0559 e. The second kappa shape index (κ2) is 13.8. The molecule has 0 atom stereocenters. The van der Waals surface area contributed by atoms with Gasteiger partial charge >= 0.3 is 0 Å². The van der Waals surface area contributed by atoms with Crippen molar-refractivity contribution < 1.29 is 0 Å². The van der Waals surface area contributed by atoms with Gasteiger partial charge in [0.05, 0.1) is 11.4 Å². The van der Waals surface area contributed by atoms with Crippen molar-refractivity contribution in [2.24, 2.45) is 0 Å². The third-order valence-corrected chi connectivity index (χ3v) is 9.19. The van der Waals surface area contributed by atoms with Gasteiger partial charge in [0, 0.05) is 40.0 Å². The highest BCUT2D eigenvalue weighted by molar-refractivity contribution is 6.20. The van der Waals surface area contributed by atoms with E-state index in [1.54, 1.807) is 0 Å². The minimum atomic E-state index is 0.830. The molecule has 0 aliphatic carbocycles. The number of nitrogens with zero attached hydrogens (tertiary/aromatic N) is 1. The molecule has 0 unspecified atom stereocenters. The zero-order chi connectivity index (χ0) is 33.7. The van der Waals surface area contributed by atoms with Crippen LogP contribution in [0.1, 0.15) is 22.3 Å². The molecule has 2 N–H and O–H groups in total. The van der Waals surface area contributed by atoms with Crippen LogP contribution < -0.4 is 10.2 Å². The Balaban J connectivity index is 1.34. The van der Waals surface area contributed by atoms with Crippen LogP contribution in [0.25, 0.3) is 45.3 Å². The Morgan fingerprint density at radius 1 is 0.460 bits per heavy atom. The highest BCUT2D eigenvalue weighted by Gasteiger charge is 2.25. The predicted molar refractivity (Wildman–Crippen MR) is 211 cm³/mol. The second-order valence-corrected chi connectivity index (χ2v) is 12.2. The first-order valence-electron chi connectivity index (χ1n) is 16.9. The van der Waals surface area contributed by atoms with Gasteiger partial charge in [0.1, 0.15) is 0 Å².